The van der Waals surface area contributed by atoms with Crippen molar-refractivity contribution in [3.05, 3.63) is 48.9 Å². The fraction of sp³-hybridized carbons (Fsp3) is 0.300. The molecule has 3 aromatic heterocycles. The summed E-state index contributed by atoms with van der Waals surface area (Å²) in [6.07, 6.45) is 12.0. The first-order chi connectivity index (χ1) is 12.4. The number of H-pyrrole nitrogens is 1. The van der Waals surface area contributed by atoms with E-state index < -0.39 is 0 Å². The van der Waals surface area contributed by atoms with E-state index in [1.165, 1.54) is 37.5 Å². The molecule has 5 heteroatoms. The van der Waals surface area contributed by atoms with Crippen molar-refractivity contribution in [2.45, 2.75) is 38.1 Å². The third-order valence-electron chi connectivity index (χ3n) is 5.16. The zero-order chi connectivity index (χ0) is 16.6. The van der Waals surface area contributed by atoms with Gasteiger partial charge in [-0.3, -0.25) is 9.38 Å². The molecule has 126 valence electrons. The number of benzene rings is 1. The van der Waals surface area contributed by atoms with Gasteiger partial charge in [-0.1, -0.05) is 37.5 Å². The lowest BCUT2D eigenvalue weighted by molar-refractivity contribution is 0.461. The predicted octanol–water partition coefficient (Wildman–Crippen LogP) is 4.62. The smallest absolute Gasteiger partial charge is 0.157 e. The van der Waals surface area contributed by atoms with E-state index in [4.69, 9.17) is 4.98 Å². The number of hydrogen-bond donors (Lipinski definition) is 2. The van der Waals surface area contributed by atoms with Crippen molar-refractivity contribution in [1.29, 1.82) is 0 Å². The summed E-state index contributed by atoms with van der Waals surface area (Å²) in [6, 6.07) is 11.0. The van der Waals surface area contributed by atoms with Gasteiger partial charge in [-0.15, -0.1) is 0 Å². The Balaban J connectivity index is 1.64. The van der Waals surface area contributed by atoms with Crippen LogP contribution in [0.25, 0.3) is 27.9 Å². The summed E-state index contributed by atoms with van der Waals surface area (Å²) in [4.78, 5) is 12.6. The normalized spacial score (nSPS) is 15.8. The van der Waals surface area contributed by atoms with Gasteiger partial charge in [0.1, 0.15) is 11.5 Å². The number of nitrogens with zero attached hydrogens (tertiary/aromatic N) is 3. The van der Waals surface area contributed by atoms with Crippen molar-refractivity contribution in [3.63, 3.8) is 0 Å². The first-order valence-electron chi connectivity index (χ1n) is 9.05. The summed E-state index contributed by atoms with van der Waals surface area (Å²) in [7, 11) is 0. The van der Waals surface area contributed by atoms with E-state index in [0.717, 1.165) is 28.4 Å². The summed E-state index contributed by atoms with van der Waals surface area (Å²) in [6.45, 7) is 0. The summed E-state index contributed by atoms with van der Waals surface area (Å²) in [5.74, 6) is 1.07. The number of para-hydroxylation sites is 1. The van der Waals surface area contributed by atoms with Crippen LogP contribution in [0.1, 0.15) is 32.1 Å². The highest BCUT2D eigenvalue weighted by molar-refractivity contribution is 5.88. The van der Waals surface area contributed by atoms with Crippen molar-refractivity contribution in [2.24, 2.45) is 0 Å². The average molecular weight is 331 g/mol. The lowest BCUT2D eigenvalue weighted by atomic mass is 9.95. The minimum Gasteiger partial charge on any atom is -0.367 e. The number of nitrogens with one attached hydrogen (secondary N) is 2. The minimum absolute atomic E-state index is 0.518. The molecule has 0 saturated heterocycles. The molecule has 4 aromatic rings. The molecule has 0 amide bonds. The Bertz CT molecular complexity index is 990. The summed E-state index contributed by atoms with van der Waals surface area (Å²) < 4.78 is 2.11. The maximum atomic E-state index is 4.85. The first-order valence-corrected chi connectivity index (χ1v) is 9.05. The molecule has 0 spiro atoms. The van der Waals surface area contributed by atoms with Crippen LogP contribution in [-0.2, 0) is 0 Å². The highest BCUT2D eigenvalue weighted by Crippen LogP contribution is 2.32. The molecule has 1 saturated carbocycles. The zero-order valence-electron chi connectivity index (χ0n) is 14.1. The van der Waals surface area contributed by atoms with Crippen LogP contribution in [-0.4, -0.2) is 25.4 Å². The van der Waals surface area contributed by atoms with Crippen LogP contribution in [0, 0.1) is 0 Å². The molecular formula is C20H21N5. The van der Waals surface area contributed by atoms with Crippen molar-refractivity contribution >= 4 is 22.4 Å². The van der Waals surface area contributed by atoms with Gasteiger partial charge >= 0.3 is 0 Å². The van der Waals surface area contributed by atoms with Crippen LogP contribution in [0.5, 0.6) is 0 Å². The quantitative estimate of drug-likeness (QED) is 0.576. The number of imidazole rings is 1. The second-order valence-electron chi connectivity index (χ2n) is 6.86. The van der Waals surface area contributed by atoms with Crippen LogP contribution in [0.4, 0.5) is 5.82 Å². The highest BCUT2D eigenvalue weighted by atomic mass is 15.2. The highest BCUT2D eigenvalue weighted by Gasteiger charge is 2.20. The maximum Gasteiger partial charge on any atom is 0.157 e. The topological polar surface area (TPSA) is 58.0 Å². The van der Waals surface area contributed by atoms with Gasteiger partial charge < -0.3 is 10.3 Å². The molecule has 0 bridgehead atoms. The summed E-state index contributed by atoms with van der Waals surface area (Å²) >= 11 is 0. The molecule has 1 fully saturated rings. The van der Waals surface area contributed by atoms with Crippen molar-refractivity contribution in [3.8, 4) is 11.4 Å². The molecule has 1 aromatic carbocycles. The number of hydrogen-bond acceptors (Lipinski definition) is 3. The lowest BCUT2D eigenvalue weighted by Crippen LogP contribution is -2.23. The Morgan fingerprint density at radius 2 is 2.00 bits per heavy atom. The van der Waals surface area contributed by atoms with Gasteiger partial charge in [0.25, 0.3) is 0 Å². The van der Waals surface area contributed by atoms with E-state index in [1.54, 1.807) is 0 Å². The Kier molecular flexibility index (Phi) is 3.44. The third-order valence-corrected chi connectivity index (χ3v) is 5.16. The Labute approximate surface area is 146 Å². The average Bonchev–Trinajstić information content (AvgIpc) is 3.24. The molecule has 3 heterocycles. The van der Waals surface area contributed by atoms with Gasteiger partial charge in [0.05, 0.1) is 11.9 Å². The van der Waals surface area contributed by atoms with E-state index in [0.29, 0.717) is 6.04 Å². The second kappa shape index (κ2) is 5.92. The number of fused-ring (bicyclic) bond motifs is 2. The molecule has 0 aliphatic heterocycles. The van der Waals surface area contributed by atoms with Crippen LogP contribution in [0.3, 0.4) is 0 Å². The fourth-order valence-electron chi connectivity index (χ4n) is 3.87. The molecule has 5 nitrogen and oxygen atoms in total. The van der Waals surface area contributed by atoms with Gasteiger partial charge in [-0.25, -0.2) is 4.98 Å². The molecule has 25 heavy (non-hydrogen) atoms. The van der Waals surface area contributed by atoms with Gasteiger partial charge in [0.2, 0.25) is 0 Å². The van der Waals surface area contributed by atoms with Crippen LogP contribution >= 0.6 is 0 Å². The zero-order valence-corrected chi connectivity index (χ0v) is 14.1. The monoisotopic (exact) mass is 331 g/mol. The van der Waals surface area contributed by atoms with Crippen LogP contribution in [0.15, 0.2) is 48.9 Å². The maximum absolute atomic E-state index is 4.85. The van der Waals surface area contributed by atoms with Gasteiger partial charge in [-0.05, 0) is 25.0 Å². The van der Waals surface area contributed by atoms with Crippen LogP contribution < -0.4 is 5.32 Å². The van der Waals surface area contributed by atoms with Crippen molar-refractivity contribution in [1.82, 2.24) is 19.4 Å². The fourth-order valence-corrected chi connectivity index (χ4v) is 3.87. The van der Waals surface area contributed by atoms with E-state index in [1.807, 2.05) is 18.6 Å². The number of aromatic amines is 1. The molecule has 2 N–H and O–H groups in total. The Hall–Kier alpha value is -2.82. The molecule has 1 aliphatic carbocycles. The van der Waals surface area contributed by atoms with E-state index in [-0.39, 0.29) is 0 Å². The van der Waals surface area contributed by atoms with Crippen molar-refractivity contribution < 1.29 is 0 Å². The minimum atomic E-state index is 0.518. The van der Waals surface area contributed by atoms with Gasteiger partial charge in [-0.2, -0.15) is 0 Å². The number of aromatic nitrogens is 4. The Morgan fingerprint density at radius 1 is 1.12 bits per heavy atom. The SMILES string of the molecule is c1ccc2[nH]c(-c3nc4cnccn4c3NC3CCCCC3)cc2c1. The van der Waals surface area contributed by atoms with Crippen molar-refractivity contribution in [2.75, 3.05) is 5.32 Å². The standard InChI is InChI=1S/C20H21N5/c1-2-7-15(8-3-1)22-20-19(24-18-13-21-10-11-25(18)20)17-12-14-6-4-5-9-16(14)23-17/h4-6,9-13,15,22-23H,1-3,7-8H2. The third kappa shape index (κ3) is 2.56. The molecule has 1 aliphatic rings. The first kappa shape index (κ1) is 14.5. The van der Waals surface area contributed by atoms with Gasteiger partial charge in [0, 0.05) is 29.3 Å². The summed E-state index contributed by atoms with van der Waals surface area (Å²) in [5.41, 5.74) is 4.02. The molecule has 0 atom stereocenters. The lowest BCUT2D eigenvalue weighted by Gasteiger charge is -2.24. The van der Waals surface area contributed by atoms with Crippen LogP contribution in [0.2, 0.25) is 0 Å². The summed E-state index contributed by atoms with van der Waals surface area (Å²) in [5, 5.41) is 4.97. The Morgan fingerprint density at radius 3 is 2.88 bits per heavy atom. The second-order valence-corrected chi connectivity index (χ2v) is 6.86. The molecule has 0 radical (unpaired) electrons. The number of rotatable bonds is 3. The number of anilines is 1. The van der Waals surface area contributed by atoms with Gasteiger partial charge in [0.15, 0.2) is 5.65 Å². The molecular weight excluding hydrogens is 310 g/mol. The van der Waals surface area contributed by atoms with E-state index >= 15 is 0 Å². The molecule has 0 unspecified atom stereocenters. The largest absolute Gasteiger partial charge is 0.367 e. The molecule has 5 rings (SSSR count). The predicted molar refractivity (Wildman–Crippen MR) is 101 cm³/mol. The van der Waals surface area contributed by atoms with E-state index in [9.17, 15) is 0 Å². The van der Waals surface area contributed by atoms with E-state index in [2.05, 4.69) is 50.0 Å².